The lowest BCUT2D eigenvalue weighted by Crippen LogP contribution is -2.10. The fourth-order valence-electron chi connectivity index (χ4n) is 2.37. The maximum atomic E-state index is 10.7. The number of nitrogens with zero attached hydrogens (tertiary/aromatic N) is 2. The van der Waals surface area contributed by atoms with Crippen LogP contribution < -0.4 is 4.74 Å². The lowest BCUT2D eigenvalue weighted by atomic mass is 10.0. The van der Waals surface area contributed by atoms with Crippen molar-refractivity contribution in [3.05, 3.63) is 46.8 Å². The predicted molar refractivity (Wildman–Crippen MR) is 79.1 cm³/mol. The Bertz CT molecular complexity index is 590. The Balaban J connectivity index is 2.40. The van der Waals surface area contributed by atoms with Crippen LogP contribution in [0.1, 0.15) is 42.5 Å². The molecule has 0 saturated heterocycles. The summed E-state index contributed by atoms with van der Waals surface area (Å²) >= 11 is 0. The van der Waals surface area contributed by atoms with Crippen LogP contribution in [0.25, 0.3) is 0 Å². The van der Waals surface area contributed by atoms with E-state index in [0.29, 0.717) is 0 Å². The second-order valence-electron chi connectivity index (χ2n) is 4.85. The zero-order valence-corrected chi connectivity index (χ0v) is 12.6. The van der Waals surface area contributed by atoms with Crippen molar-refractivity contribution < 1.29 is 9.84 Å². The molecule has 1 heterocycles. The molecule has 0 aliphatic rings. The predicted octanol–water partition coefficient (Wildman–Crippen LogP) is 2.86. The van der Waals surface area contributed by atoms with Gasteiger partial charge in [0, 0.05) is 6.54 Å². The van der Waals surface area contributed by atoms with Gasteiger partial charge in [-0.05, 0) is 49.6 Å². The highest BCUT2D eigenvalue weighted by molar-refractivity contribution is 5.39. The van der Waals surface area contributed by atoms with Crippen LogP contribution in [0.2, 0.25) is 0 Å². The van der Waals surface area contributed by atoms with Gasteiger partial charge in [0.25, 0.3) is 0 Å². The molecule has 4 heteroatoms. The third kappa shape index (κ3) is 2.70. The molecule has 1 unspecified atom stereocenters. The van der Waals surface area contributed by atoms with E-state index in [1.165, 1.54) is 0 Å². The van der Waals surface area contributed by atoms with E-state index in [4.69, 9.17) is 4.74 Å². The monoisotopic (exact) mass is 274 g/mol. The van der Waals surface area contributed by atoms with E-state index in [1.807, 2.05) is 42.8 Å². The highest BCUT2D eigenvalue weighted by Gasteiger charge is 2.18. The quantitative estimate of drug-likeness (QED) is 0.912. The molecule has 0 bridgehead atoms. The van der Waals surface area contributed by atoms with Crippen molar-refractivity contribution in [1.82, 2.24) is 9.78 Å². The number of hydrogen-bond donors (Lipinski definition) is 1. The molecule has 0 fully saturated rings. The zero-order chi connectivity index (χ0) is 14.7. The van der Waals surface area contributed by atoms with Gasteiger partial charge < -0.3 is 9.84 Å². The molecule has 0 aliphatic heterocycles. The second-order valence-corrected chi connectivity index (χ2v) is 4.85. The lowest BCUT2D eigenvalue weighted by Gasteiger charge is -2.15. The first-order chi connectivity index (χ1) is 9.60. The van der Waals surface area contributed by atoms with Crippen molar-refractivity contribution in [1.29, 1.82) is 0 Å². The Morgan fingerprint density at radius 2 is 2.05 bits per heavy atom. The van der Waals surface area contributed by atoms with Crippen LogP contribution >= 0.6 is 0 Å². The number of aliphatic hydroxyl groups excluding tert-OH is 1. The molecule has 20 heavy (non-hydrogen) atoms. The number of aryl methyl sites for hydroxylation is 3. The summed E-state index contributed by atoms with van der Waals surface area (Å²) in [6, 6.07) is 7.71. The highest BCUT2D eigenvalue weighted by atomic mass is 16.5. The highest BCUT2D eigenvalue weighted by Crippen LogP contribution is 2.28. The van der Waals surface area contributed by atoms with E-state index in [2.05, 4.69) is 12.0 Å². The van der Waals surface area contributed by atoms with Crippen LogP contribution in [0, 0.1) is 6.92 Å². The topological polar surface area (TPSA) is 47.3 Å². The summed E-state index contributed by atoms with van der Waals surface area (Å²) < 4.78 is 7.07. The molecule has 1 N–H and O–H groups in total. The summed E-state index contributed by atoms with van der Waals surface area (Å²) in [6.45, 7) is 6.83. The first-order valence-corrected chi connectivity index (χ1v) is 6.99. The number of ether oxygens (including phenoxy) is 1. The molecule has 4 nitrogen and oxygen atoms in total. The minimum absolute atomic E-state index is 0.659. The molecule has 0 spiro atoms. The molecule has 1 aromatic heterocycles. The summed E-state index contributed by atoms with van der Waals surface area (Å²) in [6.07, 6.45) is 0.211. The van der Waals surface area contributed by atoms with Gasteiger partial charge in [-0.1, -0.05) is 13.0 Å². The minimum Gasteiger partial charge on any atom is -0.497 e. The zero-order valence-electron chi connectivity index (χ0n) is 12.6. The van der Waals surface area contributed by atoms with Crippen LogP contribution in [0.5, 0.6) is 5.75 Å². The maximum Gasteiger partial charge on any atom is 0.121 e. The molecule has 2 rings (SSSR count). The maximum absolute atomic E-state index is 10.7. The van der Waals surface area contributed by atoms with Crippen LogP contribution in [0.4, 0.5) is 0 Å². The SMILES string of the molecule is CCc1cc(C(O)c2ccc(OC)cc2C)n(CC)n1. The van der Waals surface area contributed by atoms with Crippen molar-refractivity contribution in [2.75, 3.05) is 7.11 Å². The molecular weight excluding hydrogens is 252 g/mol. The number of hydrogen-bond acceptors (Lipinski definition) is 3. The standard InChI is InChI=1S/C16H22N2O2/c1-5-12-10-15(18(6-2)17-12)16(19)14-8-7-13(20-4)9-11(14)3/h7-10,16,19H,5-6H2,1-4H3. The summed E-state index contributed by atoms with van der Waals surface area (Å²) in [4.78, 5) is 0. The Morgan fingerprint density at radius 1 is 1.30 bits per heavy atom. The van der Waals surface area contributed by atoms with E-state index in [9.17, 15) is 5.11 Å². The third-order valence-corrected chi connectivity index (χ3v) is 3.58. The van der Waals surface area contributed by atoms with Gasteiger partial charge in [-0.3, -0.25) is 4.68 Å². The number of aromatic nitrogens is 2. The summed E-state index contributed by atoms with van der Waals surface area (Å²) in [5.74, 6) is 0.802. The number of aliphatic hydroxyl groups is 1. The molecule has 0 amide bonds. The normalized spacial score (nSPS) is 12.4. The van der Waals surface area contributed by atoms with Crippen LogP contribution in [-0.4, -0.2) is 22.0 Å². The Labute approximate surface area is 120 Å². The minimum atomic E-state index is -0.659. The summed E-state index contributed by atoms with van der Waals surface area (Å²) in [5.41, 5.74) is 3.76. The molecule has 0 saturated carbocycles. The van der Waals surface area contributed by atoms with Crippen molar-refractivity contribution in [2.45, 2.75) is 39.8 Å². The first kappa shape index (κ1) is 14.6. The van der Waals surface area contributed by atoms with E-state index in [0.717, 1.165) is 41.2 Å². The summed E-state index contributed by atoms with van der Waals surface area (Å²) in [5, 5.41) is 15.1. The molecular formula is C16H22N2O2. The Kier molecular flexibility index (Phi) is 4.45. The second kappa shape index (κ2) is 6.09. The number of methoxy groups -OCH3 is 1. The number of benzene rings is 1. The van der Waals surface area contributed by atoms with Gasteiger partial charge in [-0.2, -0.15) is 5.10 Å². The van der Waals surface area contributed by atoms with E-state index >= 15 is 0 Å². The average Bonchev–Trinajstić information content (AvgIpc) is 2.89. The van der Waals surface area contributed by atoms with Gasteiger partial charge in [0.1, 0.15) is 11.9 Å². The fourth-order valence-corrected chi connectivity index (χ4v) is 2.37. The van der Waals surface area contributed by atoms with E-state index < -0.39 is 6.10 Å². The molecule has 0 aliphatic carbocycles. The summed E-state index contributed by atoms with van der Waals surface area (Å²) in [7, 11) is 1.64. The Morgan fingerprint density at radius 3 is 2.60 bits per heavy atom. The Hall–Kier alpha value is -1.81. The largest absolute Gasteiger partial charge is 0.497 e. The van der Waals surface area contributed by atoms with E-state index in [-0.39, 0.29) is 0 Å². The number of rotatable bonds is 5. The van der Waals surface area contributed by atoms with Gasteiger partial charge in [-0.15, -0.1) is 0 Å². The van der Waals surface area contributed by atoms with Crippen LogP contribution in [-0.2, 0) is 13.0 Å². The third-order valence-electron chi connectivity index (χ3n) is 3.58. The molecule has 108 valence electrons. The molecule has 1 atom stereocenters. The van der Waals surface area contributed by atoms with Gasteiger partial charge in [0.15, 0.2) is 0 Å². The van der Waals surface area contributed by atoms with Gasteiger partial charge in [0.05, 0.1) is 18.5 Å². The van der Waals surface area contributed by atoms with Crippen LogP contribution in [0.15, 0.2) is 24.3 Å². The van der Waals surface area contributed by atoms with Gasteiger partial charge in [0.2, 0.25) is 0 Å². The molecule has 2 aromatic rings. The fraction of sp³-hybridized carbons (Fsp3) is 0.438. The van der Waals surface area contributed by atoms with Crippen molar-refractivity contribution >= 4 is 0 Å². The van der Waals surface area contributed by atoms with Crippen molar-refractivity contribution in [3.63, 3.8) is 0 Å². The molecule has 0 radical (unpaired) electrons. The van der Waals surface area contributed by atoms with E-state index in [1.54, 1.807) is 7.11 Å². The smallest absolute Gasteiger partial charge is 0.121 e. The average molecular weight is 274 g/mol. The van der Waals surface area contributed by atoms with Crippen molar-refractivity contribution in [2.24, 2.45) is 0 Å². The van der Waals surface area contributed by atoms with Crippen molar-refractivity contribution in [3.8, 4) is 5.75 Å². The molecule has 1 aromatic carbocycles. The van der Waals surface area contributed by atoms with Gasteiger partial charge >= 0.3 is 0 Å². The lowest BCUT2D eigenvalue weighted by molar-refractivity contribution is 0.207. The first-order valence-electron chi connectivity index (χ1n) is 6.99. The van der Waals surface area contributed by atoms with Crippen LogP contribution in [0.3, 0.4) is 0 Å². The van der Waals surface area contributed by atoms with Gasteiger partial charge in [-0.25, -0.2) is 0 Å².